The van der Waals surface area contributed by atoms with E-state index in [9.17, 15) is 14.7 Å². The topological polar surface area (TPSA) is 78.9 Å². The monoisotopic (exact) mass is 374 g/mol. The zero-order valence-corrected chi connectivity index (χ0v) is 16.7. The molecule has 2 aliphatic rings. The third-order valence-electron chi connectivity index (χ3n) is 5.22. The van der Waals surface area contributed by atoms with Gasteiger partial charge >= 0.3 is 0 Å². The third kappa shape index (κ3) is 4.37. The highest BCUT2D eigenvalue weighted by atomic mass is 16.5. The number of likely N-dealkylation sites (tertiary alicyclic amines) is 1. The maximum atomic E-state index is 12.6. The number of ether oxygens (including phenoxy) is 1. The smallest absolute Gasteiger partial charge is 0.255 e. The standard InChI is InChI=1S/C21H30N2O4/c1-13(2)11-17(24)23-9-7-15(8-10-23)22-20(26)16-6-5-14-12-21(3,4)27-19(14)18(16)25/h5-6,13,15,25H,7-12H2,1-4H3,(H,22,26). The van der Waals surface area contributed by atoms with Gasteiger partial charge in [0.25, 0.3) is 5.91 Å². The van der Waals surface area contributed by atoms with Crippen LogP contribution in [0.4, 0.5) is 0 Å². The number of piperidine rings is 1. The number of rotatable bonds is 4. The molecule has 0 aliphatic carbocycles. The summed E-state index contributed by atoms with van der Waals surface area (Å²) in [5.74, 6) is 0.577. The van der Waals surface area contributed by atoms with Gasteiger partial charge in [-0.25, -0.2) is 0 Å². The summed E-state index contributed by atoms with van der Waals surface area (Å²) in [4.78, 5) is 26.7. The van der Waals surface area contributed by atoms with E-state index in [2.05, 4.69) is 5.32 Å². The Morgan fingerprint density at radius 1 is 1.30 bits per heavy atom. The Bertz CT molecular complexity index is 734. The number of carbonyl (C=O) groups excluding carboxylic acids is 2. The normalized spacial score (nSPS) is 18.9. The van der Waals surface area contributed by atoms with Gasteiger partial charge in [0, 0.05) is 37.5 Å². The first-order valence-corrected chi connectivity index (χ1v) is 9.79. The summed E-state index contributed by atoms with van der Waals surface area (Å²) in [5.41, 5.74) is 0.792. The number of amides is 2. The first-order chi connectivity index (χ1) is 12.7. The quantitative estimate of drug-likeness (QED) is 0.849. The lowest BCUT2D eigenvalue weighted by Crippen LogP contribution is -2.46. The SMILES string of the molecule is CC(C)CC(=O)N1CCC(NC(=O)c2ccc3c(c2O)OC(C)(C)C3)CC1. The van der Waals surface area contributed by atoms with Crippen LogP contribution in [-0.2, 0) is 11.2 Å². The molecule has 0 spiro atoms. The Kier molecular flexibility index (Phi) is 5.36. The van der Waals surface area contributed by atoms with Crippen LogP contribution in [0.5, 0.6) is 11.5 Å². The van der Waals surface area contributed by atoms with Gasteiger partial charge in [-0.2, -0.15) is 0 Å². The molecule has 1 aromatic carbocycles. The lowest BCUT2D eigenvalue weighted by molar-refractivity contribution is -0.133. The highest BCUT2D eigenvalue weighted by molar-refractivity contribution is 5.98. The van der Waals surface area contributed by atoms with Crippen LogP contribution in [0.15, 0.2) is 12.1 Å². The second kappa shape index (κ2) is 7.41. The summed E-state index contributed by atoms with van der Waals surface area (Å²) in [7, 11) is 0. The van der Waals surface area contributed by atoms with E-state index in [-0.39, 0.29) is 34.8 Å². The molecule has 0 saturated carbocycles. The van der Waals surface area contributed by atoms with Gasteiger partial charge in [0.15, 0.2) is 11.5 Å². The maximum Gasteiger partial charge on any atom is 0.255 e. The second-order valence-corrected chi connectivity index (χ2v) is 8.72. The van der Waals surface area contributed by atoms with Gasteiger partial charge in [-0.15, -0.1) is 0 Å². The van der Waals surface area contributed by atoms with Gasteiger partial charge in [-0.3, -0.25) is 9.59 Å². The van der Waals surface area contributed by atoms with E-state index in [4.69, 9.17) is 4.74 Å². The van der Waals surface area contributed by atoms with Crippen LogP contribution in [0.2, 0.25) is 0 Å². The molecule has 0 radical (unpaired) electrons. The van der Waals surface area contributed by atoms with Crippen molar-refractivity contribution < 1.29 is 19.4 Å². The average molecular weight is 374 g/mol. The minimum absolute atomic E-state index is 0.00520. The molecule has 2 heterocycles. The number of fused-ring (bicyclic) bond motifs is 1. The molecular formula is C21H30N2O4. The van der Waals surface area contributed by atoms with Gasteiger partial charge < -0.3 is 20.1 Å². The van der Waals surface area contributed by atoms with Crippen molar-refractivity contribution >= 4 is 11.8 Å². The van der Waals surface area contributed by atoms with Gasteiger partial charge in [0.1, 0.15) is 5.60 Å². The molecular weight excluding hydrogens is 344 g/mol. The van der Waals surface area contributed by atoms with Gasteiger partial charge in [0.05, 0.1) is 5.56 Å². The molecule has 0 atom stereocenters. The molecule has 148 valence electrons. The minimum Gasteiger partial charge on any atom is -0.504 e. The highest BCUT2D eigenvalue weighted by Crippen LogP contribution is 2.43. The molecule has 1 fully saturated rings. The average Bonchev–Trinajstić information content (AvgIpc) is 2.90. The molecule has 2 aliphatic heterocycles. The van der Waals surface area contributed by atoms with Crippen molar-refractivity contribution in [3.8, 4) is 11.5 Å². The van der Waals surface area contributed by atoms with E-state index in [1.165, 1.54) is 0 Å². The number of phenols is 1. The molecule has 27 heavy (non-hydrogen) atoms. The molecule has 1 saturated heterocycles. The van der Waals surface area contributed by atoms with E-state index in [1.807, 2.05) is 38.7 Å². The predicted molar refractivity (Wildman–Crippen MR) is 103 cm³/mol. The fourth-order valence-electron chi connectivity index (χ4n) is 3.83. The molecule has 1 aromatic rings. The van der Waals surface area contributed by atoms with E-state index < -0.39 is 0 Å². The second-order valence-electron chi connectivity index (χ2n) is 8.72. The van der Waals surface area contributed by atoms with E-state index >= 15 is 0 Å². The van der Waals surface area contributed by atoms with Crippen LogP contribution < -0.4 is 10.1 Å². The predicted octanol–water partition coefficient (Wildman–Crippen LogP) is 2.87. The Balaban J connectivity index is 1.59. The Morgan fingerprint density at radius 2 is 1.96 bits per heavy atom. The minimum atomic E-state index is -0.371. The summed E-state index contributed by atoms with van der Waals surface area (Å²) >= 11 is 0. The Hall–Kier alpha value is -2.24. The first-order valence-electron chi connectivity index (χ1n) is 9.79. The van der Waals surface area contributed by atoms with Crippen molar-refractivity contribution in [3.05, 3.63) is 23.3 Å². The Morgan fingerprint density at radius 3 is 2.59 bits per heavy atom. The van der Waals surface area contributed by atoms with Crippen molar-refractivity contribution in [2.75, 3.05) is 13.1 Å². The molecule has 2 amide bonds. The zero-order chi connectivity index (χ0) is 19.8. The van der Waals surface area contributed by atoms with Crippen LogP contribution in [0.25, 0.3) is 0 Å². The van der Waals surface area contributed by atoms with Crippen molar-refractivity contribution in [1.29, 1.82) is 0 Å². The maximum absolute atomic E-state index is 12.6. The van der Waals surface area contributed by atoms with E-state index in [0.29, 0.717) is 37.6 Å². The van der Waals surface area contributed by atoms with Crippen LogP contribution in [0.1, 0.15) is 62.9 Å². The highest BCUT2D eigenvalue weighted by Gasteiger charge is 2.34. The lowest BCUT2D eigenvalue weighted by Gasteiger charge is -2.33. The fraction of sp³-hybridized carbons (Fsp3) is 0.619. The summed E-state index contributed by atoms with van der Waals surface area (Å²) in [6.45, 7) is 9.31. The van der Waals surface area contributed by atoms with Crippen LogP contribution >= 0.6 is 0 Å². The molecule has 2 N–H and O–H groups in total. The van der Waals surface area contributed by atoms with E-state index in [1.54, 1.807) is 6.07 Å². The Labute approximate surface area is 160 Å². The first kappa shape index (κ1) is 19.5. The molecule has 0 unspecified atom stereocenters. The number of hydrogen-bond donors (Lipinski definition) is 2. The molecule has 0 bridgehead atoms. The van der Waals surface area contributed by atoms with Gasteiger partial charge in [-0.05, 0) is 38.7 Å². The van der Waals surface area contributed by atoms with E-state index in [0.717, 1.165) is 18.4 Å². The number of phenolic OH excluding ortho intramolecular Hbond substituents is 1. The van der Waals surface area contributed by atoms with Crippen molar-refractivity contribution in [3.63, 3.8) is 0 Å². The van der Waals surface area contributed by atoms with Crippen LogP contribution in [-0.4, -0.2) is 46.6 Å². The number of hydrogen-bond acceptors (Lipinski definition) is 4. The number of nitrogens with one attached hydrogen (secondary N) is 1. The molecule has 0 aromatic heterocycles. The summed E-state index contributed by atoms with van der Waals surface area (Å²) in [6, 6.07) is 3.52. The fourth-order valence-corrected chi connectivity index (χ4v) is 3.83. The number of carbonyl (C=O) groups is 2. The molecule has 6 heteroatoms. The summed E-state index contributed by atoms with van der Waals surface area (Å²) < 4.78 is 5.80. The van der Waals surface area contributed by atoms with Crippen molar-refractivity contribution in [1.82, 2.24) is 10.2 Å². The number of benzene rings is 1. The summed E-state index contributed by atoms with van der Waals surface area (Å²) in [6.07, 6.45) is 2.73. The molecule has 3 rings (SSSR count). The number of aromatic hydroxyl groups is 1. The van der Waals surface area contributed by atoms with Crippen molar-refractivity contribution in [2.45, 2.75) is 65.0 Å². The van der Waals surface area contributed by atoms with Crippen LogP contribution in [0, 0.1) is 5.92 Å². The van der Waals surface area contributed by atoms with Gasteiger partial charge in [0.2, 0.25) is 5.91 Å². The van der Waals surface area contributed by atoms with Crippen molar-refractivity contribution in [2.24, 2.45) is 5.92 Å². The third-order valence-corrected chi connectivity index (χ3v) is 5.22. The van der Waals surface area contributed by atoms with Crippen LogP contribution in [0.3, 0.4) is 0 Å². The lowest BCUT2D eigenvalue weighted by atomic mass is 9.99. The largest absolute Gasteiger partial charge is 0.504 e. The molecule has 6 nitrogen and oxygen atoms in total. The summed E-state index contributed by atoms with van der Waals surface area (Å²) in [5, 5.41) is 13.5. The number of nitrogens with zero attached hydrogens (tertiary/aromatic N) is 1. The zero-order valence-electron chi connectivity index (χ0n) is 16.7. The van der Waals surface area contributed by atoms with Gasteiger partial charge in [-0.1, -0.05) is 19.9 Å².